The number of halogens is 1. The lowest BCUT2D eigenvalue weighted by atomic mass is 9.88. The fourth-order valence-corrected chi connectivity index (χ4v) is 5.06. The Morgan fingerprint density at radius 3 is 2.53 bits per heavy atom. The van der Waals surface area contributed by atoms with E-state index in [1.165, 1.54) is 33.7 Å². The van der Waals surface area contributed by atoms with E-state index in [0.29, 0.717) is 5.56 Å². The summed E-state index contributed by atoms with van der Waals surface area (Å²) in [5.41, 5.74) is 10.3. The van der Waals surface area contributed by atoms with Crippen molar-refractivity contribution < 1.29 is 4.39 Å². The zero-order chi connectivity index (χ0) is 26.0. The minimum Gasteiger partial charge on any atom is -0.380 e. The summed E-state index contributed by atoms with van der Waals surface area (Å²) in [5, 5.41) is 3.66. The number of likely N-dealkylation sites (N-methyl/N-ethyl adjacent to an activating group) is 2. The molecule has 190 valence electrons. The molecule has 0 saturated heterocycles. The van der Waals surface area contributed by atoms with Crippen LogP contribution in [-0.2, 0) is 0 Å². The van der Waals surface area contributed by atoms with E-state index in [1.54, 1.807) is 6.07 Å². The second kappa shape index (κ2) is 10.7. The van der Waals surface area contributed by atoms with E-state index in [9.17, 15) is 4.39 Å². The van der Waals surface area contributed by atoms with E-state index in [0.717, 1.165) is 30.9 Å². The van der Waals surface area contributed by atoms with Crippen LogP contribution in [0.2, 0.25) is 0 Å². The van der Waals surface area contributed by atoms with Crippen LogP contribution in [-0.4, -0.2) is 50.6 Å². The van der Waals surface area contributed by atoms with Crippen LogP contribution in [0, 0.1) is 19.7 Å². The Balaban J connectivity index is 1.72. The van der Waals surface area contributed by atoms with Crippen LogP contribution in [0.25, 0.3) is 5.57 Å². The first kappa shape index (κ1) is 25.6. The summed E-state index contributed by atoms with van der Waals surface area (Å²) < 4.78 is 14.1. The number of anilines is 1. The van der Waals surface area contributed by atoms with Crippen LogP contribution in [0.3, 0.4) is 0 Å². The van der Waals surface area contributed by atoms with Gasteiger partial charge in [0.2, 0.25) is 0 Å². The number of nitrogens with zero attached hydrogens (tertiary/aromatic N) is 3. The zero-order valence-corrected chi connectivity index (χ0v) is 22.7. The van der Waals surface area contributed by atoms with E-state index in [4.69, 9.17) is 0 Å². The molecule has 2 heterocycles. The van der Waals surface area contributed by atoms with E-state index in [2.05, 4.69) is 105 Å². The highest BCUT2D eigenvalue weighted by Gasteiger charge is 2.26. The second-order valence-electron chi connectivity index (χ2n) is 10.0. The molecule has 36 heavy (non-hydrogen) atoms. The highest BCUT2D eigenvalue weighted by molar-refractivity contribution is 5.77. The van der Waals surface area contributed by atoms with Crippen molar-refractivity contribution in [3.8, 4) is 0 Å². The van der Waals surface area contributed by atoms with Crippen molar-refractivity contribution in [1.82, 2.24) is 15.1 Å². The predicted octanol–water partition coefficient (Wildman–Crippen LogP) is 6.18. The van der Waals surface area contributed by atoms with E-state index >= 15 is 0 Å². The number of benzene rings is 2. The topological polar surface area (TPSA) is 21.8 Å². The van der Waals surface area contributed by atoms with Gasteiger partial charge in [-0.25, -0.2) is 4.39 Å². The Labute approximate surface area is 216 Å². The summed E-state index contributed by atoms with van der Waals surface area (Å²) in [5.74, 6) is -0.169. The predicted molar refractivity (Wildman–Crippen MR) is 150 cm³/mol. The number of nitrogens with one attached hydrogen (secondary N) is 1. The highest BCUT2D eigenvalue weighted by atomic mass is 19.1. The van der Waals surface area contributed by atoms with E-state index < -0.39 is 0 Å². The van der Waals surface area contributed by atoms with Gasteiger partial charge in [0.1, 0.15) is 5.82 Å². The number of allylic oxidation sites excluding steroid dienone is 2. The van der Waals surface area contributed by atoms with Gasteiger partial charge in [-0.2, -0.15) is 0 Å². The summed E-state index contributed by atoms with van der Waals surface area (Å²) >= 11 is 0. The molecule has 0 fully saturated rings. The molecule has 0 amide bonds. The average molecular weight is 487 g/mol. The highest BCUT2D eigenvalue weighted by Crippen LogP contribution is 2.40. The lowest BCUT2D eigenvalue weighted by Crippen LogP contribution is -2.29. The molecule has 0 spiro atoms. The van der Waals surface area contributed by atoms with E-state index in [1.807, 2.05) is 19.1 Å². The molecule has 0 radical (unpaired) electrons. The molecule has 5 heteroatoms. The molecular formula is C31H39FN4. The SMILES string of the molecule is CCN(C)c1ccc(C2=CC(NCC3=C(C)N(C)CC=C3)=CN(C)C2c2ccc(F)c(C)c2)cc1C. The molecule has 0 aromatic heterocycles. The molecule has 2 aromatic rings. The third kappa shape index (κ3) is 5.20. The lowest BCUT2D eigenvalue weighted by Gasteiger charge is -2.35. The van der Waals surface area contributed by atoms with Crippen molar-refractivity contribution in [2.75, 3.05) is 45.7 Å². The number of rotatable bonds is 7. The summed E-state index contributed by atoms with van der Waals surface area (Å²) in [6, 6.07) is 12.2. The van der Waals surface area contributed by atoms with Crippen LogP contribution in [0.1, 0.15) is 42.1 Å². The first-order valence-corrected chi connectivity index (χ1v) is 12.7. The maximum absolute atomic E-state index is 14.1. The van der Waals surface area contributed by atoms with Gasteiger partial charge < -0.3 is 20.0 Å². The molecule has 2 aliphatic heterocycles. The molecule has 2 aromatic carbocycles. The van der Waals surface area contributed by atoms with Crippen molar-refractivity contribution >= 4 is 11.3 Å². The zero-order valence-electron chi connectivity index (χ0n) is 22.7. The maximum Gasteiger partial charge on any atom is 0.126 e. The summed E-state index contributed by atoms with van der Waals surface area (Å²) in [6.45, 7) is 11.0. The molecule has 2 aliphatic rings. The smallest absolute Gasteiger partial charge is 0.126 e. The molecular weight excluding hydrogens is 447 g/mol. The van der Waals surface area contributed by atoms with Crippen LogP contribution in [0.5, 0.6) is 0 Å². The normalized spacial score (nSPS) is 17.8. The summed E-state index contributed by atoms with van der Waals surface area (Å²) in [4.78, 5) is 6.76. The second-order valence-corrected chi connectivity index (χ2v) is 10.0. The number of hydrogen-bond donors (Lipinski definition) is 1. The Morgan fingerprint density at radius 1 is 1.06 bits per heavy atom. The van der Waals surface area contributed by atoms with E-state index in [-0.39, 0.29) is 11.9 Å². The number of hydrogen-bond acceptors (Lipinski definition) is 4. The molecule has 4 rings (SSSR count). The molecule has 1 N–H and O–H groups in total. The summed E-state index contributed by atoms with van der Waals surface area (Å²) in [7, 11) is 6.35. The standard InChI is InChI=1S/C31H39FN4/c1-8-34(5)30-14-12-24(17-22(30)3)28-18-27(33-19-26-10-9-15-35(6)23(26)4)20-36(7)31(28)25-11-13-29(32)21(2)16-25/h9-14,16-18,20,31,33H,8,15,19H2,1-7H3. The van der Waals surface area contributed by atoms with Crippen molar-refractivity contribution in [3.63, 3.8) is 0 Å². The molecule has 0 saturated carbocycles. The lowest BCUT2D eigenvalue weighted by molar-refractivity contribution is 0.393. The van der Waals surface area contributed by atoms with Gasteiger partial charge in [0.05, 0.1) is 11.7 Å². The Hall–Kier alpha value is -3.47. The average Bonchev–Trinajstić information content (AvgIpc) is 2.86. The van der Waals surface area contributed by atoms with Gasteiger partial charge in [-0.15, -0.1) is 0 Å². The Morgan fingerprint density at radius 2 is 1.83 bits per heavy atom. The molecule has 4 nitrogen and oxygen atoms in total. The van der Waals surface area contributed by atoms with Crippen LogP contribution in [0.4, 0.5) is 10.1 Å². The first-order chi connectivity index (χ1) is 17.2. The van der Waals surface area contributed by atoms with Gasteiger partial charge >= 0.3 is 0 Å². The molecule has 1 unspecified atom stereocenters. The van der Waals surface area contributed by atoms with Crippen molar-refractivity contribution in [2.24, 2.45) is 0 Å². The Kier molecular flexibility index (Phi) is 7.58. The van der Waals surface area contributed by atoms with Crippen LogP contribution >= 0.6 is 0 Å². The number of aryl methyl sites for hydroxylation is 2. The molecule has 1 atom stereocenters. The van der Waals surface area contributed by atoms with Gasteiger partial charge in [0.15, 0.2) is 0 Å². The van der Waals surface area contributed by atoms with Gasteiger partial charge in [0.25, 0.3) is 0 Å². The minimum absolute atomic E-state index is 0.00864. The van der Waals surface area contributed by atoms with Gasteiger partial charge in [-0.05, 0) is 85.4 Å². The van der Waals surface area contributed by atoms with Gasteiger partial charge in [-0.3, -0.25) is 0 Å². The maximum atomic E-state index is 14.1. The summed E-state index contributed by atoms with van der Waals surface area (Å²) in [6.07, 6.45) is 8.84. The minimum atomic E-state index is -0.169. The van der Waals surface area contributed by atoms with Crippen molar-refractivity contribution in [1.29, 1.82) is 0 Å². The molecule has 0 aliphatic carbocycles. The third-order valence-electron chi connectivity index (χ3n) is 7.49. The van der Waals surface area contributed by atoms with Crippen molar-refractivity contribution in [3.05, 3.63) is 106 Å². The van der Waals surface area contributed by atoms with Gasteiger partial charge in [0, 0.05) is 58.4 Å². The fraction of sp³-hybridized carbons (Fsp3) is 0.355. The monoisotopic (exact) mass is 486 g/mol. The first-order valence-electron chi connectivity index (χ1n) is 12.7. The Bertz CT molecular complexity index is 1250. The fourth-order valence-electron chi connectivity index (χ4n) is 5.06. The largest absolute Gasteiger partial charge is 0.380 e. The van der Waals surface area contributed by atoms with Crippen LogP contribution in [0.15, 0.2) is 77.8 Å². The quantitative estimate of drug-likeness (QED) is 0.505. The molecule has 0 bridgehead atoms. The van der Waals surface area contributed by atoms with Crippen LogP contribution < -0.4 is 10.2 Å². The van der Waals surface area contributed by atoms with Crippen molar-refractivity contribution in [2.45, 2.75) is 33.7 Å². The van der Waals surface area contributed by atoms with Gasteiger partial charge in [-0.1, -0.05) is 30.4 Å². The third-order valence-corrected chi connectivity index (χ3v) is 7.49.